The van der Waals surface area contributed by atoms with Crippen molar-refractivity contribution in [3.8, 4) is 68.4 Å². The van der Waals surface area contributed by atoms with Crippen molar-refractivity contribution in [2.45, 2.75) is 13.8 Å². The Labute approximate surface area is 522 Å². The summed E-state index contributed by atoms with van der Waals surface area (Å²) in [5.74, 6) is 1.38. The topological polar surface area (TPSA) is 127 Å². The van der Waals surface area contributed by atoms with Crippen LogP contribution in [0.15, 0.2) is 279 Å². The molecule has 4 aromatic heterocycles. The van der Waals surface area contributed by atoms with Gasteiger partial charge in [-0.3, -0.25) is 9.97 Å². The van der Waals surface area contributed by atoms with Crippen LogP contribution < -0.4 is 42.0 Å². The number of hydrogen-bond donors (Lipinski definition) is 0. The zero-order valence-corrected chi connectivity index (χ0v) is 49.5. The Morgan fingerprint density at radius 1 is 0.367 bits per heavy atom. The first-order chi connectivity index (χ1) is 44.5. The van der Waals surface area contributed by atoms with Crippen LogP contribution in [0.5, 0.6) is 11.5 Å². The second-order valence-corrected chi connectivity index (χ2v) is 21.9. The molecule has 0 atom stereocenters. The molecule has 426 valence electrons. The fraction of sp³-hybridized carbons (Fsp3) is 0.0513. The van der Waals surface area contributed by atoms with Crippen LogP contribution in [0.4, 0.5) is 0 Å². The molecule has 0 radical (unpaired) electrons. The van der Waals surface area contributed by atoms with Crippen molar-refractivity contribution in [2.24, 2.45) is 0 Å². The van der Waals surface area contributed by atoms with Crippen LogP contribution in [0.3, 0.4) is 0 Å². The molecule has 0 spiro atoms. The van der Waals surface area contributed by atoms with Gasteiger partial charge in [-0.1, -0.05) is 216 Å². The smallest absolute Gasteiger partial charge is 0.328 e. The van der Waals surface area contributed by atoms with Crippen molar-refractivity contribution in [2.75, 3.05) is 13.2 Å². The number of benzene rings is 10. The molecule has 0 unspecified atom stereocenters. The lowest BCUT2D eigenvalue weighted by Crippen LogP contribution is -2.54. The largest absolute Gasteiger partial charge is 0.494 e. The van der Waals surface area contributed by atoms with Gasteiger partial charge in [-0.25, -0.2) is 9.97 Å². The van der Waals surface area contributed by atoms with Gasteiger partial charge in [-0.05, 0) is 120 Å². The second-order valence-electron chi connectivity index (χ2n) is 21.9. The normalized spacial score (nSPS) is 11.9. The minimum absolute atomic E-state index is 0.265. The summed E-state index contributed by atoms with van der Waals surface area (Å²) in [5.41, 5.74) is 14.8. The van der Waals surface area contributed by atoms with Gasteiger partial charge < -0.3 is 18.4 Å². The molecule has 10 aromatic carbocycles. The van der Waals surface area contributed by atoms with Gasteiger partial charge in [-0.2, -0.15) is 10.5 Å². The monoisotopic (exact) mass is 1160 g/mol. The molecule has 0 bridgehead atoms. The molecule has 12 heteroatoms. The SMILES string of the molecule is CCOc1ccc(-c2c3/c(=C(\C#N)c4cnc5cc(-c6ccccc6)ccc5n4)n(B(c4ccccc4)c4ccccc4)c(-c4ccc(OCC)cc4)c3/c(=C(\C#N)c3cnc4cc(-c5ccccc5)ccc4n3)n2B(c2ccccc2)c2ccccc2)cc1. The summed E-state index contributed by atoms with van der Waals surface area (Å²) in [6.07, 6.45) is 3.45. The number of nitriles is 2. The van der Waals surface area contributed by atoms with Crippen molar-refractivity contribution < 1.29 is 9.47 Å². The third-order valence-corrected chi connectivity index (χ3v) is 16.5. The third-order valence-electron chi connectivity index (χ3n) is 16.5. The number of aromatic nitrogens is 6. The molecule has 0 aliphatic carbocycles. The highest BCUT2D eigenvalue weighted by atomic mass is 16.5. The highest BCUT2D eigenvalue weighted by Gasteiger charge is 2.37. The summed E-state index contributed by atoms with van der Waals surface area (Å²) >= 11 is 0. The Morgan fingerprint density at radius 3 is 0.989 bits per heavy atom. The molecular weight excluding hydrogens is 1100 g/mol. The van der Waals surface area contributed by atoms with Crippen molar-refractivity contribution in [3.05, 3.63) is 301 Å². The van der Waals surface area contributed by atoms with Gasteiger partial charge in [0.15, 0.2) is 0 Å². The van der Waals surface area contributed by atoms with Crippen LogP contribution in [-0.2, 0) is 0 Å². The summed E-state index contributed by atoms with van der Waals surface area (Å²) in [4.78, 5) is 21.1. The van der Waals surface area contributed by atoms with Crippen molar-refractivity contribution in [3.63, 3.8) is 0 Å². The Balaban J connectivity index is 1.25. The summed E-state index contributed by atoms with van der Waals surface area (Å²) in [7, 11) is 0. The summed E-state index contributed by atoms with van der Waals surface area (Å²) < 4.78 is 17.0. The van der Waals surface area contributed by atoms with Crippen molar-refractivity contribution >= 4 is 79.5 Å². The van der Waals surface area contributed by atoms with Crippen LogP contribution in [-0.4, -0.2) is 55.8 Å². The zero-order chi connectivity index (χ0) is 60.9. The van der Waals surface area contributed by atoms with Gasteiger partial charge in [0.25, 0.3) is 0 Å². The number of hydrogen-bond acceptors (Lipinski definition) is 8. The van der Waals surface area contributed by atoms with E-state index < -0.39 is 13.7 Å². The first kappa shape index (κ1) is 56.0. The standard InChI is InChI=1S/C78H56B2N8O2/c1-3-89-63-41-35-55(36-42-63)75-73-74(78(87(75)79(59-27-15-7-16-28-59)60-29-17-8-18-30-60)66(50-82)72-52-84-70-48-58(40-46-68(70)86-72)54-25-13-6-14-26-54)76(56-37-43-64(44-38-56)90-4-2)88(80(61-31-19-9-20-32-61)62-33-21-10-22-34-62)77(73)65(49-81)71-51-83-69-47-57(39-45-67(69)85-71)53-23-11-5-12-24-53/h5-48,51-52H,3-4H2,1-2H3/b77-65-,78-66-. The molecule has 0 aliphatic rings. The average Bonchev–Trinajstić information content (AvgIpc) is 1.52. The van der Waals surface area contributed by atoms with Crippen LogP contribution in [0.25, 0.3) is 88.8 Å². The van der Waals surface area contributed by atoms with E-state index in [4.69, 9.17) is 29.4 Å². The number of fused-ring (bicyclic) bond motifs is 3. The molecule has 10 nitrogen and oxygen atoms in total. The van der Waals surface area contributed by atoms with E-state index >= 15 is 0 Å². The molecule has 0 saturated heterocycles. The predicted octanol–water partition coefficient (Wildman–Crippen LogP) is 12.5. The lowest BCUT2D eigenvalue weighted by Gasteiger charge is -2.24. The van der Waals surface area contributed by atoms with E-state index in [1.807, 2.05) is 123 Å². The van der Waals surface area contributed by atoms with Gasteiger partial charge in [0.1, 0.15) is 46.2 Å². The molecule has 14 aromatic rings. The third kappa shape index (κ3) is 10.5. The zero-order valence-electron chi connectivity index (χ0n) is 49.5. The van der Waals surface area contributed by atoms with E-state index in [0.717, 1.165) is 66.6 Å². The molecule has 0 saturated carbocycles. The van der Waals surface area contributed by atoms with E-state index in [1.54, 1.807) is 12.4 Å². The van der Waals surface area contributed by atoms with Gasteiger partial charge in [0, 0.05) is 22.2 Å². The van der Waals surface area contributed by atoms with E-state index in [2.05, 4.69) is 179 Å². The van der Waals surface area contributed by atoms with Crippen molar-refractivity contribution in [1.82, 2.24) is 28.9 Å². The van der Waals surface area contributed by atoms with Crippen molar-refractivity contribution in [1.29, 1.82) is 10.5 Å². The van der Waals surface area contributed by atoms with Gasteiger partial charge in [0.2, 0.25) is 0 Å². The maximum absolute atomic E-state index is 12.5. The minimum Gasteiger partial charge on any atom is -0.494 e. The molecule has 0 aliphatic heterocycles. The molecule has 90 heavy (non-hydrogen) atoms. The van der Waals surface area contributed by atoms with Crippen LogP contribution in [0.1, 0.15) is 25.2 Å². The van der Waals surface area contributed by atoms with Gasteiger partial charge in [-0.15, -0.1) is 0 Å². The fourth-order valence-corrected chi connectivity index (χ4v) is 12.6. The van der Waals surface area contributed by atoms with E-state index in [-0.39, 0.29) is 11.1 Å². The van der Waals surface area contributed by atoms with Crippen LogP contribution in [0.2, 0.25) is 0 Å². The van der Waals surface area contributed by atoms with Gasteiger partial charge >= 0.3 is 13.7 Å². The number of nitrogens with zero attached hydrogens (tertiary/aromatic N) is 8. The lowest BCUT2D eigenvalue weighted by atomic mass is 9.50. The Hall–Kier alpha value is -11.9. The molecule has 0 N–H and O–H groups in total. The maximum Gasteiger partial charge on any atom is 0.328 e. The molecule has 14 rings (SSSR count). The summed E-state index contributed by atoms with van der Waals surface area (Å²) in [5, 5.41) is 27.5. The second kappa shape index (κ2) is 24.9. The summed E-state index contributed by atoms with van der Waals surface area (Å²) in [6.45, 7) is 3.69. The first-order valence-electron chi connectivity index (χ1n) is 30.2. The van der Waals surface area contributed by atoms with Crippen LogP contribution >= 0.6 is 0 Å². The Kier molecular flexibility index (Phi) is 15.5. The molecule has 0 fully saturated rings. The van der Waals surface area contributed by atoms with E-state index in [1.165, 1.54) is 0 Å². The average molecular weight is 1160 g/mol. The lowest BCUT2D eigenvalue weighted by molar-refractivity contribution is 0.340. The predicted molar refractivity (Wildman–Crippen MR) is 365 cm³/mol. The minimum atomic E-state index is -0.597. The maximum atomic E-state index is 12.5. The Bertz CT molecular complexity index is 4750. The molecular formula is C78H56B2N8O2. The quantitative estimate of drug-likeness (QED) is 0.0875. The first-order valence-corrected chi connectivity index (χ1v) is 30.2. The summed E-state index contributed by atoms with van der Waals surface area (Å²) in [6, 6.07) is 96.0. The highest BCUT2D eigenvalue weighted by molar-refractivity contribution is 6.85. The van der Waals surface area contributed by atoms with E-state index in [0.29, 0.717) is 79.6 Å². The Morgan fingerprint density at radius 2 is 0.678 bits per heavy atom. The van der Waals surface area contributed by atoms with Gasteiger partial charge in [0.05, 0.1) is 58.4 Å². The molecule has 4 heterocycles. The highest BCUT2D eigenvalue weighted by Crippen LogP contribution is 2.38. The number of rotatable bonds is 16. The fourth-order valence-electron chi connectivity index (χ4n) is 12.6. The molecule has 0 amide bonds. The van der Waals surface area contributed by atoms with Crippen LogP contribution in [0, 0.1) is 22.7 Å². The van der Waals surface area contributed by atoms with E-state index in [9.17, 15) is 10.5 Å². The number of ether oxygens (including phenoxy) is 2.